The van der Waals surface area contributed by atoms with E-state index in [0.29, 0.717) is 41.8 Å². The van der Waals surface area contributed by atoms with Gasteiger partial charge in [-0.2, -0.15) is 0 Å². The Labute approximate surface area is 211 Å². The molecule has 9 nitrogen and oxygen atoms in total. The van der Waals surface area contributed by atoms with Gasteiger partial charge in [-0.1, -0.05) is 6.58 Å². The predicted molar refractivity (Wildman–Crippen MR) is 140 cm³/mol. The molecule has 1 aromatic heterocycles. The van der Waals surface area contributed by atoms with E-state index >= 15 is 0 Å². The van der Waals surface area contributed by atoms with E-state index in [0.717, 1.165) is 36.2 Å². The fraction of sp³-hybridized carbons (Fsp3) is 0.444. The van der Waals surface area contributed by atoms with E-state index in [9.17, 15) is 14.4 Å². The fourth-order valence-corrected chi connectivity index (χ4v) is 4.58. The number of pyridine rings is 1. The van der Waals surface area contributed by atoms with Crippen LogP contribution >= 0.6 is 0 Å². The smallest absolute Gasteiger partial charge is 0.256 e. The van der Waals surface area contributed by atoms with Crippen LogP contribution in [0.25, 0.3) is 0 Å². The minimum absolute atomic E-state index is 0.0152. The van der Waals surface area contributed by atoms with Gasteiger partial charge in [0.1, 0.15) is 5.75 Å². The first kappa shape index (κ1) is 27.0. The van der Waals surface area contributed by atoms with Crippen LogP contribution in [0.2, 0.25) is 0 Å². The summed E-state index contributed by atoms with van der Waals surface area (Å²) < 4.78 is 10.9. The largest absolute Gasteiger partial charge is 0.496 e. The van der Waals surface area contributed by atoms with Gasteiger partial charge in [0.2, 0.25) is 5.91 Å². The van der Waals surface area contributed by atoms with Crippen molar-refractivity contribution >= 4 is 17.5 Å². The fourth-order valence-electron chi connectivity index (χ4n) is 4.58. The van der Waals surface area contributed by atoms with Crippen molar-refractivity contribution in [1.82, 2.24) is 15.6 Å². The van der Waals surface area contributed by atoms with E-state index in [2.05, 4.69) is 34.0 Å². The third-order valence-corrected chi connectivity index (χ3v) is 6.49. The molecular formula is C27H36N4O5. The van der Waals surface area contributed by atoms with Crippen molar-refractivity contribution in [3.8, 4) is 5.75 Å². The quantitative estimate of drug-likeness (QED) is 0.436. The summed E-state index contributed by atoms with van der Waals surface area (Å²) in [5.41, 5.74) is 3.79. The summed E-state index contributed by atoms with van der Waals surface area (Å²) in [6, 6.07) is 5.84. The number of amides is 2. The molecular weight excluding hydrogens is 460 g/mol. The molecule has 1 fully saturated rings. The zero-order valence-corrected chi connectivity index (χ0v) is 21.5. The number of carbonyl (C=O) groups is 2. The van der Waals surface area contributed by atoms with E-state index in [1.807, 2.05) is 13.0 Å². The van der Waals surface area contributed by atoms with Crippen LogP contribution in [0.5, 0.6) is 5.75 Å². The Kier molecular flexibility index (Phi) is 9.30. The lowest BCUT2D eigenvalue weighted by Gasteiger charge is -2.37. The summed E-state index contributed by atoms with van der Waals surface area (Å²) in [6.07, 6.45) is 3.03. The average Bonchev–Trinajstić information content (AvgIpc) is 2.88. The number of methoxy groups -OCH3 is 1. The Morgan fingerprint density at radius 1 is 1.19 bits per heavy atom. The lowest BCUT2D eigenvalue weighted by atomic mass is 9.98. The van der Waals surface area contributed by atoms with E-state index in [4.69, 9.17) is 9.47 Å². The van der Waals surface area contributed by atoms with Crippen LogP contribution in [0.15, 0.2) is 35.6 Å². The number of rotatable bonds is 10. The van der Waals surface area contributed by atoms with Crippen LogP contribution in [0.1, 0.15) is 52.5 Å². The molecule has 2 heterocycles. The SMILES string of the molecule is C=CC(=O)NCc1cc(C(=O)NCc2c(OC)cc(C)[nH]c2=O)c(C)c(N(CC)C2CCOCC2)c1. The summed E-state index contributed by atoms with van der Waals surface area (Å²) in [6.45, 7) is 11.7. The standard InChI is InChI=1S/C27H36N4O5/c1-6-25(32)28-15-19-13-21(18(4)23(14-19)31(7-2)20-8-10-36-11-9-20)26(33)29-16-22-24(35-5)12-17(3)30-27(22)34/h6,12-14,20H,1,7-11,15-16H2,2-5H3,(H,28,32)(H,29,33)(H,30,34). The maximum absolute atomic E-state index is 13.4. The molecule has 1 aliphatic heterocycles. The second-order valence-corrected chi connectivity index (χ2v) is 8.85. The highest BCUT2D eigenvalue weighted by Gasteiger charge is 2.25. The summed E-state index contributed by atoms with van der Waals surface area (Å²) in [5.74, 6) is -0.173. The monoisotopic (exact) mass is 496 g/mol. The number of aromatic nitrogens is 1. The Morgan fingerprint density at radius 2 is 1.92 bits per heavy atom. The summed E-state index contributed by atoms with van der Waals surface area (Å²) >= 11 is 0. The first-order chi connectivity index (χ1) is 17.3. The molecule has 9 heteroatoms. The van der Waals surface area contributed by atoms with Crippen molar-refractivity contribution in [2.75, 3.05) is 31.8 Å². The van der Waals surface area contributed by atoms with Gasteiger partial charge in [0.25, 0.3) is 11.5 Å². The Balaban J connectivity index is 1.95. The Bertz CT molecular complexity index is 1170. The van der Waals surface area contributed by atoms with Gasteiger partial charge in [-0.25, -0.2) is 0 Å². The van der Waals surface area contributed by atoms with Gasteiger partial charge in [0.15, 0.2) is 0 Å². The van der Waals surface area contributed by atoms with Gasteiger partial charge in [-0.05, 0) is 69.0 Å². The van der Waals surface area contributed by atoms with Crippen molar-refractivity contribution < 1.29 is 19.1 Å². The molecule has 1 aliphatic rings. The highest BCUT2D eigenvalue weighted by Crippen LogP contribution is 2.30. The molecule has 3 N–H and O–H groups in total. The van der Waals surface area contributed by atoms with E-state index < -0.39 is 0 Å². The second kappa shape index (κ2) is 12.4. The minimum atomic E-state index is -0.310. The van der Waals surface area contributed by atoms with Gasteiger partial charge >= 0.3 is 0 Å². The number of aromatic amines is 1. The number of aryl methyl sites for hydroxylation is 1. The van der Waals surface area contributed by atoms with Gasteiger partial charge in [0, 0.05) is 49.3 Å². The van der Waals surface area contributed by atoms with Crippen LogP contribution in [-0.4, -0.2) is 49.7 Å². The number of hydrogen-bond acceptors (Lipinski definition) is 6. The molecule has 2 amide bonds. The van der Waals surface area contributed by atoms with Crippen molar-refractivity contribution in [3.05, 3.63) is 69.2 Å². The average molecular weight is 497 g/mol. The van der Waals surface area contributed by atoms with Crippen LogP contribution in [0.3, 0.4) is 0 Å². The van der Waals surface area contributed by atoms with Gasteiger partial charge in [-0.15, -0.1) is 0 Å². The van der Waals surface area contributed by atoms with Crippen LogP contribution in [0.4, 0.5) is 5.69 Å². The number of nitrogens with zero attached hydrogens (tertiary/aromatic N) is 1. The van der Waals surface area contributed by atoms with Crippen molar-refractivity contribution in [1.29, 1.82) is 0 Å². The van der Waals surface area contributed by atoms with E-state index in [1.54, 1.807) is 19.1 Å². The molecule has 1 saturated heterocycles. The van der Waals surface area contributed by atoms with Crippen LogP contribution in [-0.2, 0) is 22.6 Å². The van der Waals surface area contributed by atoms with Gasteiger partial charge in [0.05, 0.1) is 19.2 Å². The predicted octanol–water partition coefficient (Wildman–Crippen LogP) is 2.74. The van der Waals surface area contributed by atoms with Gasteiger partial charge < -0.3 is 30.0 Å². The number of benzene rings is 1. The minimum Gasteiger partial charge on any atom is -0.496 e. The molecule has 3 rings (SSSR count). The van der Waals surface area contributed by atoms with Crippen molar-refractivity contribution in [2.24, 2.45) is 0 Å². The summed E-state index contributed by atoms with van der Waals surface area (Å²) in [4.78, 5) is 42.7. The van der Waals surface area contributed by atoms with E-state index in [1.165, 1.54) is 13.2 Å². The molecule has 2 aromatic rings. The zero-order valence-electron chi connectivity index (χ0n) is 21.5. The molecule has 0 aliphatic carbocycles. The molecule has 1 aromatic carbocycles. The first-order valence-electron chi connectivity index (χ1n) is 12.2. The highest BCUT2D eigenvalue weighted by atomic mass is 16.5. The van der Waals surface area contributed by atoms with Crippen LogP contribution in [0, 0.1) is 13.8 Å². The number of nitrogens with one attached hydrogen (secondary N) is 3. The molecule has 194 valence electrons. The Morgan fingerprint density at radius 3 is 2.56 bits per heavy atom. The lowest BCUT2D eigenvalue weighted by molar-refractivity contribution is -0.116. The molecule has 36 heavy (non-hydrogen) atoms. The molecule has 0 bridgehead atoms. The van der Waals surface area contributed by atoms with Crippen molar-refractivity contribution in [2.45, 2.75) is 52.7 Å². The maximum atomic E-state index is 13.4. The lowest BCUT2D eigenvalue weighted by Crippen LogP contribution is -2.40. The third-order valence-electron chi connectivity index (χ3n) is 6.49. The third kappa shape index (κ3) is 6.34. The molecule has 0 saturated carbocycles. The second-order valence-electron chi connectivity index (χ2n) is 8.85. The molecule has 0 atom stereocenters. The van der Waals surface area contributed by atoms with E-state index in [-0.39, 0.29) is 30.5 Å². The van der Waals surface area contributed by atoms with Crippen molar-refractivity contribution in [3.63, 3.8) is 0 Å². The topological polar surface area (TPSA) is 113 Å². The van der Waals surface area contributed by atoms with Crippen LogP contribution < -0.4 is 25.8 Å². The normalized spacial score (nSPS) is 13.7. The molecule has 0 radical (unpaired) electrons. The number of hydrogen-bond donors (Lipinski definition) is 3. The number of ether oxygens (including phenoxy) is 2. The highest BCUT2D eigenvalue weighted by molar-refractivity contribution is 5.97. The number of H-pyrrole nitrogens is 1. The number of anilines is 1. The zero-order chi connectivity index (χ0) is 26.2. The molecule has 0 spiro atoms. The molecule has 0 unspecified atom stereocenters. The summed E-state index contributed by atoms with van der Waals surface area (Å²) in [5, 5.41) is 5.67. The van der Waals surface area contributed by atoms with Gasteiger partial charge in [-0.3, -0.25) is 14.4 Å². The maximum Gasteiger partial charge on any atom is 0.256 e. The Hall–Kier alpha value is -3.59. The summed E-state index contributed by atoms with van der Waals surface area (Å²) in [7, 11) is 1.49. The first-order valence-corrected chi connectivity index (χ1v) is 12.2. The number of carbonyl (C=O) groups excluding carboxylic acids is 2.